The van der Waals surface area contributed by atoms with Crippen LogP contribution in [0.2, 0.25) is 0 Å². The molecule has 7 nitrogen and oxygen atoms in total. The molecule has 2 atom stereocenters. The van der Waals surface area contributed by atoms with Gasteiger partial charge >= 0.3 is 5.97 Å². The van der Waals surface area contributed by atoms with Crippen LogP contribution in [-0.4, -0.2) is 31.5 Å². The second-order valence-electron chi connectivity index (χ2n) is 6.74. The predicted octanol–water partition coefficient (Wildman–Crippen LogP) is 3.09. The lowest BCUT2D eigenvalue weighted by Gasteiger charge is -2.08. The van der Waals surface area contributed by atoms with Crippen molar-refractivity contribution in [3.63, 3.8) is 0 Å². The minimum absolute atomic E-state index is 0.0729. The van der Waals surface area contributed by atoms with E-state index in [4.69, 9.17) is 9.47 Å². The number of carbonyl (C=O) groups excluding carboxylic acids is 3. The molecule has 2 aromatic carbocycles. The van der Waals surface area contributed by atoms with Gasteiger partial charge in [0.1, 0.15) is 5.75 Å². The Hall–Kier alpha value is -3.35. The van der Waals surface area contributed by atoms with Crippen molar-refractivity contribution in [1.29, 1.82) is 0 Å². The van der Waals surface area contributed by atoms with E-state index >= 15 is 0 Å². The van der Waals surface area contributed by atoms with Gasteiger partial charge in [0.2, 0.25) is 0 Å². The molecule has 1 aliphatic carbocycles. The third-order valence-electron chi connectivity index (χ3n) is 4.54. The zero-order valence-corrected chi connectivity index (χ0v) is 15.7. The number of hydrogen-bond acceptors (Lipinski definition) is 5. The molecule has 0 heterocycles. The van der Waals surface area contributed by atoms with Gasteiger partial charge in [0.25, 0.3) is 11.8 Å². The number of carbonyl (C=O) groups is 3. The number of ether oxygens (including phenoxy) is 2. The van der Waals surface area contributed by atoms with Gasteiger partial charge < -0.3 is 20.1 Å². The monoisotopic (exact) mass is 382 g/mol. The number of hydrogen-bond donors (Lipinski definition) is 2. The number of methoxy groups -OCH3 is 1. The molecule has 0 aromatic heterocycles. The Morgan fingerprint density at radius 1 is 0.964 bits per heavy atom. The predicted molar refractivity (Wildman–Crippen MR) is 104 cm³/mol. The molecule has 0 saturated heterocycles. The largest absolute Gasteiger partial charge is 0.497 e. The van der Waals surface area contributed by atoms with Crippen LogP contribution in [0.3, 0.4) is 0 Å². The summed E-state index contributed by atoms with van der Waals surface area (Å²) >= 11 is 0. The first-order valence-corrected chi connectivity index (χ1v) is 8.98. The summed E-state index contributed by atoms with van der Waals surface area (Å²) in [6, 6.07) is 13.4. The molecular weight excluding hydrogens is 360 g/mol. The zero-order chi connectivity index (χ0) is 20.1. The molecule has 0 unspecified atom stereocenters. The molecule has 1 aliphatic rings. The van der Waals surface area contributed by atoms with E-state index in [2.05, 4.69) is 10.6 Å². The minimum Gasteiger partial charge on any atom is -0.497 e. The molecule has 1 fully saturated rings. The quantitative estimate of drug-likeness (QED) is 0.718. The molecular formula is C21H22N2O5. The van der Waals surface area contributed by atoms with Crippen LogP contribution in [0.5, 0.6) is 5.75 Å². The van der Waals surface area contributed by atoms with Gasteiger partial charge in [-0.15, -0.1) is 0 Å². The number of benzene rings is 2. The second-order valence-corrected chi connectivity index (χ2v) is 6.74. The third-order valence-corrected chi connectivity index (χ3v) is 4.54. The Labute approximate surface area is 163 Å². The summed E-state index contributed by atoms with van der Waals surface area (Å²) in [5.74, 6) is -0.0419. The van der Waals surface area contributed by atoms with Crippen molar-refractivity contribution in [2.45, 2.75) is 13.3 Å². The molecule has 0 aliphatic heterocycles. The Morgan fingerprint density at radius 3 is 2.11 bits per heavy atom. The first-order valence-electron chi connectivity index (χ1n) is 8.98. The highest BCUT2D eigenvalue weighted by molar-refractivity contribution is 6.04. The van der Waals surface area contributed by atoms with Gasteiger partial charge in [-0.2, -0.15) is 0 Å². The van der Waals surface area contributed by atoms with Crippen LogP contribution in [0.4, 0.5) is 11.4 Å². The maximum absolute atomic E-state index is 12.3. The van der Waals surface area contributed by atoms with Crippen LogP contribution >= 0.6 is 0 Å². The van der Waals surface area contributed by atoms with E-state index in [9.17, 15) is 14.4 Å². The minimum atomic E-state index is -0.419. The molecule has 146 valence electrons. The van der Waals surface area contributed by atoms with Crippen molar-refractivity contribution in [3.05, 3.63) is 54.1 Å². The number of anilines is 2. The molecule has 0 spiro atoms. The highest BCUT2D eigenvalue weighted by Crippen LogP contribution is 2.38. The van der Waals surface area contributed by atoms with E-state index in [0.29, 0.717) is 28.6 Å². The average molecular weight is 382 g/mol. The molecule has 1 saturated carbocycles. The van der Waals surface area contributed by atoms with Crippen LogP contribution in [0.1, 0.15) is 23.7 Å². The Balaban J connectivity index is 1.48. The summed E-state index contributed by atoms with van der Waals surface area (Å²) in [6.07, 6.45) is 0.820. The summed E-state index contributed by atoms with van der Waals surface area (Å²) in [4.78, 5) is 35.8. The summed E-state index contributed by atoms with van der Waals surface area (Å²) in [5, 5.41) is 5.42. The van der Waals surface area contributed by atoms with E-state index < -0.39 is 5.91 Å². The SMILES string of the molecule is COc1ccc(NC(=O)c2ccc(NC(=O)COC(=O)[C@@H]3C[C@H]3C)cc2)cc1. The van der Waals surface area contributed by atoms with E-state index in [1.54, 1.807) is 55.6 Å². The zero-order valence-electron chi connectivity index (χ0n) is 15.7. The number of esters is 1. The van der Waals surface area contributed by atoms with E-state index in [-0.39, 0.29) is 24.4 Å². The van der Waals surface area contributed by atoms with Crippen LogP contribution < -0.4 is 15.4 Å². The first kappa shape index (κ1) is 19.4. The van der Waals surface area contributed by atoms with E-state index in [0.717, 1.165) is 6.42 Å². The summed E-state index contributed by atoms with van der Waals surface area (Å²) in [7, 11) is 1.57. The molecule has 3 rings (SSSR count). The lowest BCUT2D eigenvalue weighted by atomic mass is 10.2. The van der Waals surface area contributed by atoms with E-state index in [1.165, 1.54) is 0 Å². The fourth-order valence-corrected chi connectivity index (χ4v) is 2.67. The Kier molecular flexibility index (Phi) is 5.93. The lowest BCUT2D eigenvalue weighted by molar-refractivity contribution is -0.148. The fourth-order valence-electron chi connectivity index (χ4n) is 2.67. The maximum Gasteiger partial charge on any atom is 0.309 e. The van der Waals surface area contributed by atoms with Crippen molar-refractivity contribution in [3.8, 4) is 5.75 Å². The van der Waals surface area contributed by atoms with Crippen LogP contribution in [0, 0.1) is 11.8 Å². The highest BCUT2D eigenvalue weighted by Gasteiger charge is 2.40. The van der Waals surface area contributed by atoms with Crippen LogP contribution in [-0.2, 0) is 14.3 Å². The van der Waals surface area contributed by atoms with Crippen LogP contribution in [0.25, 0.3) is 0 Å². The van der Waals surface area contributed by atoms with Crippen LogP contribution in [0.15, 0.2) is 48.5 Å². The van der Waals surface area contributed by atoms with Gasteiger partial charge in [-0.05, 0) is 60.9 Å². The molecule has 2 amide bonds. The fraction of sp³-hybridized carbons (Fsp3) is 0.286. The van der Waals surface area contributed by atoms with Crippen molar-refractivity contribution in [2.24, 2.45) is 11.8 Å². The van der Waals surface area contributed by atoms with Gasteiger partial charge in [0.05, 0.1) is 13.0 Å². The van der Waals surface area contributed by atoms with Gasteiger partial charge in [-0.25, -0.2) is 0 Å². The van der Waals surface area contributed by atoms with Gasteiger partial charge in [-0.1, -0.05) is 6.92 Å². The Morgan fingerprint density at radius 2 is 1.54 bits per heavy atom. The van der Waals surface area contributed by atoms with Crippen molar-refractivity contribution in [2.75, 3.05) is 24.4 Å². The smallest absolute Gasteiger partial charge is 0.309 e. The molecule has 28 heavy (non-hydrogen) atoms. The van der Waals surface area contributed by atoms with Crippen molar-refractivity contribution < 1.29 is 23.9 Å². The summed E-state index contributed by atoms with van der Waals surface area (Å²) in [6.45, 7) is 1.65. The lowest BCUT2D eigenvalue weighted by Crippen LogP contribution is -2.21. The molecule has 0 bridgehead atoms. The van der Waals surface area contributed by atoms with Gasteiger partial charge in [0.15, 0.2) is 6.61 Å². The number of nitrogens with one attached hydrogen (secondary N) is 2. The number of amides is 2. The molecule has 2 N–H and O–H groups in total. The number of rotatable bonds is 7. The van der Waals surface area contributed by atoms with Gasteiger partial charge in [0, 0.05) is 16.9 Å². The topological polar surface area (TPSA) is 93.7 Å². The van der Waals surface area contributed by atoms with Gasteiger partial charge in [-0.3, -0.25) is 14.4 Å². The normalized spacial score (nSPS) is 17.4. The van der Waals surface area contributed by atoms with E-state index in [1.807, 2.05) is 6.92 Å². The maximum atomic E-state index is 12.3. The molecule has 7 heteroatoms. The van der Waals surface area contributed by atoms with Crippen molar-refractivity contribution in [1.82, 2.24) is 0 Å². The standard InChI is InChI=1S/C21H22N2O5/c1-13-11-18(13)21(26)28-12-19(24)22-15-5-3-14(4-6-15)20(25)23-16-7-9-17(27-2)10-8-16/h3-10,13,18H,11-12H2,1-2H3,(H,22,24)(H,23,25)/t13-,18-/m1/s1. The molecule has 2 aromatic rings. The Bertz CT molecular complexity index is 861. The third kappa shape index (κ3) is 5.09. The second kappa shape index (κ2) is 8.56. The first-order chi connectivity index (χ1) is 13.5. The average Bonchev–Trinajstić information content (AvgIpc) is 3.44. The van der Waals surface area contributed by atoms with Crippen molar-refractivity contribution >= 4 is 29.2 Å². The highest BCUT2D eigenvalue weighted by atomic mass is 16.5. The summed E-state index contributed by atoms with van der Waals surface area (Å²) < 4.78 is 10.1. The summed E-state index contributed by atoms with van der Waals surface area (Å²) in [5.41, 5.74) is 1.61. The molecule has 0 radical (unpaired) electrons.